The molecule has 4 nitrogen and oxygen atoms in total. The molecule has 2 aromatic carbocycles. The van der Waals surface area contributed by atoms with E-state index in [0.717, 1.165) is 22.4 Å². The molecule has 1 N–H and O–H groups in total. The number of amides is 1. The van der Waals surface area contributed by atoms with Crippen LogP contribution in [0.5, 0.6) is 0 Å². The average molecular weight is 356 g/mol. The van der Waals surface area contributed by atoms with Gasteiger partial charge in [-0.1, -0.05) is 35.9 Å². The molecule has 0 aliphatic carbocycles. The zero-order chi connectivity index (χ0) is 17.8. The van der Waals surface area contributed by atoms with Gasteiger partial charge in [0.05, 0.1) is 17.5 Å². The van der Waals surface area contributed by atoms with E-state index in [-0.39, 0.29) is 5.91 Å². The Kier molecular flexibility index (Phi) is 5.39. The van der Waals surface area contributed by atoms with Crippen molar-refractivity contribution >= 4 is 28.5 Å². The summed E-state index contributed by atoms with van der Waals surface area (Å²) in [6.07, 6.45) is 1.07. The molecule has 0 saturated carbocycles. The van der Waals surface area contributed by atoms with E-state index >= 15 is 0 Å². The van der Waals surface area contributed by atoms with Crippen LogP contribution < -0.4 is 5.32 Å². The molecule has 1 amide bonds. The highest BCUT2D eigenvalue weighted by molar-refractivity contribution is 6.30. The third-order valence-electron chi connectivity index (χ3n) is 4.13. The Labute approximate surface area is 152 Å². The predicted molar refractivity (Wildman–Crippen MR) is 102 cm³/mol. The molecule has 1 aromatic heterocycles. The van der Waals surface area contributed by atoms with Crippen LogP contribution in [0.25, 0.3) is 11.0 Å². The van der Waals surface area contributed by atoms with Gasteiger partial charge in [0.2, 0.25) is 5.91 Å². The maximum atomic E-state index is 12.1. The van der Waals surface area contributed by atoms with Crippen LogP contribution in [0.1, 0.15) is 31.3 Å². The molecule has 0 aliphatic rings. The molecule has 3 rings (SSSR count). The van der Waals surface area contributed by atoms with Gasteiger partial charge in [0.1, 0.15) is 5.82 Å². The van der Waals surface area contributed by atoms with Crippen LogP contribution in [-0.4, -0.2) is 22.0 Å². The topological polar surface area (TPSA) is 46.9 Å². The summed E-state index contributed by atoms with van der Waals surface area (Å²) in [6.45, 7) is 4.87. The highest BCUT2D eigenvalue weighted by Gasteiger charge is 2.13. The van der Waals surface area contributed by atoms with Crippen molar-refractivity contribution in [1.82, 2.24) is 14.9 Å². The Morgan fingerprint density at radius 1 is 1.16 bits per heavy atom. The van der Waals surface area contributed by atoms with E-state index in [1.165, 1.54) is 0 Å². The number of aromatic nitrogens is 2. The van der Waals surface area contributed by atoms with E-state index in [1.54, 1.807) is 12.1 Å². The van der Waals surface area contributed by atoms with Gasteiger partial charge in [0.25, 0.3) is 0 Å². The molecule has 25 heavy (non-hydrogen) atoms. The van der Waals surface area contributed by atoms with Crippen molar-refractivity contribution in [3.63, 3.8) is 0 Å². The van der Waals surface area contributed by atoms with Crippen LogP contribution in [0.2, 0.25) is 5.02 Å². The second-order valence-electron chi connectivity index (χ2n) is 6.38. The van der Waals surface area contributed by atoms with E-state index in [1.807, 2.05) is 30.3 Å². The van der Waals surface area contributed by atoms with Crippen LogP contribution >= 0.6 is 11.6 Å². The van der Waals surface area contributed by atoms with Gasteiger partial charge in [-0.15, -0.1) is 0 Å². The predicted octanol–water partition coefficient (Wildman–Crippen LogP) is 4.17. The average Bonchev–Trinajstić information content (AvgIpc) is 2.95. The Morgan fingerprint density at radius 3 is 2.60 bits per heavy atom. The number of imidazole rings is 1. The number of nitrogens with one attached hydrogen (secondary N) is 1. The summed E-state index contributed by atoms with van der Waals surface area (Å²) in [6, 6.07) is 15.8. The molecule has 0 aliphatic heterocycles. The lowest BCUT2D eigenvalue weighted by Gasteiger charge is -2.13. The van der Waals surface area contributed by atoms with Crippen LogP contribution in [0.3, 0.4) is 0 Å². The van der Waals surface area contributed by atoms with Crippen molar-refractivity contribution in [3.8, 4) is 0 Å². The lowest BCUT2D eigenvalue weighted by atomic mass is 10.1. The minimum atomic E-state index is 0.00882. The monoisotopic (exact) mass is 355 g/mol. The van der Waals surface area contributed by atoms with Crippen molar-refractivity contribution in [2.45, 2.75) is 32.7 Å². The van der Waals surface area contributed by atoms with E-state index in [4.69, 9.17) is 16.6 Å². The fraction of sp³-hybridized carbons (Fsp3) is 0.300. The van der Waals surface area contributed by atoms with Crippen LogP contribution in [0.15, 0.2) is 48.5 Å². The number of para-hydroxylation sites is 2. The molecule has 1 heterocycles. The molecular formula is C20H22ClN3O. The molecule has 130 valence electrons. The third-order valence-corrected chi connectivity index (χ3v) is 4.39. The first-order chi connectivity index (χ1) is 12.0. The zero-order valence-corrected chi connectivity index (χ0v) is 15.3. The number of rotatable bonds is 6. The smallest absolute Gasteiger partial charge is 0.224 e. The summed E-state index contributed by atoms with van der Waals surface area (Å²) in [7, 11) is 0. The Bertz CT molecular complexity index is 868. The first kappa shape index (κ1) is 17.5. The fourth-order valence-corrected chi connectivity index (χ4v) is 3.14. The normalized spacial score (nSPS) is 11.2. The van der Waals surface area contributed by atoms with Crippen molar-refractivity contribution < 1.29 is 4.79 Å². The van der Waals surface area contributed by atoms with Gasteiger partial charge < -0.3 is 9.88 Å². The lowest BCUT2D eigenvalue weighted by molar-refractivity contribution is -0.120. The molecule has 0 atom stereocenters. The van der Waals surface area contributed by atoms with Crippen LogP contribution in [-0.2, 0) is 17.6 Å². The van der Waals surface area contributed by atoms with Crippen LogP contribution in [0.4, 0.5) is 0 Å². The Balaban J connectivity index is 1.62. The minimum Gasteiger partial charge on any atom is -0.355 e. The molecular weight excluding hydrogens is 334 g/mol. The number of halogens is 1. The van der Waals surface area contributed by atoms with Crippen molar-refractivity contribution in [1.29, 1.82) is 0 Å². The number of carbonyl (C=O) groups excluding carboxylic acids is 1. The molecule has 0 bridgehead atoms. The minimum absolute atomic E-state index is 0.00882. The SMILES string of the molecule is CC(C)n1c(CCNC(=O)Cc2ccc(Cl)cc2)nc2ccccc21. The molecule has 0 saturated heterocycles. The molecule has 0 spiro atoms. The summed E-state index contributed by atoms with van der Waals surface area (Å²) >= 11 is 5.86. The van der Waals surface area contributed by atoms with Gasteiger partial charge >= 0.3 is 0 Å². The summed E-state index contributed by atoms with van der Waals surface area (Å²) in [4.78, 5) is 16.8. The number of hydrogen-bond acceptors (Lipinski definition) is 2. The molecule has 0 radical (unpaired) electrons. The Morgan fingerprint density at radius 2 is 1.88 bits per heavy atom. The van der Waals surface area contributed by atoms with Crippen molar-refractivity contribution in [3.05, 3.63) is 64.9 Å². The lowest BCUT2D eigenvalue weighted by Crippen LogP contribution is -2.28. The summed E-state index contributed by atoms with van der Waals surface area (Å²) < 4.78 is 2.24. The second kappa shape index (κ2) is 7.70. The summed E-state index contributed by atoms with van der Waals surface area (Å²) in [5, 5.41) is 3.66. The van der Waals surface area contributed by atoms with E-state index in [0.29, 0.717) is 30.5 Å². The number of hydrogen-bond donors (Lipinski definition) is 1. The maximum Gasteiger partial charge on any atom is 0.224 e. The number of benzene rings is 2. The van der Waals surface area contributed by atoms with E-state index in [2.05, 4.69) is 29.8 Å². The van der Waals surface area contributed by atoms with E-state index in [9.17, 15) is 4.79 Å². The molecule has 0 unspecified atom stereocenters. The molecule has 3 aromatic rings. The van der Waals surface area contributed by atoms with Gasteiger partial charge in [0.15, 0.2) is 0 Å². The summed E-state index contributed by atoms with van der Waals surface area (Å²) in [5.74, 6) is 1.01. The fourth-order valence-electron chi connectivity index (χ4n) is 3.01. The molecule has 0 fully saturated rings. The highest BCUT2D eigenvalue weighted by atomic mass is 35.5. The van der Waals surface area contributed by atoms with Gasteiger partial charge in [-0.2, -0.15) is 0 Å². The zero-order valence-electron chi connectivity index (χ0n) is 14.5. The van der Waals surface area contributed by atoms with Crippen molar-refractivity contribution in [2.75, 3.05) is 6.54 Å². The highest BCUT2D eigenvalue weighted by Crippen LogP contribution is 2.21. The van der Waals surface area contributed by atoms with Gasteiger partial charge in [-0.3, -0.25) is 4.79 Å². The second-order valence-corrected chi connectivity index (χ2v) is 6.82. The molecule has 5 heteroatoms. The standard InChI is InChI=1S/C20H22ClN3O/c1-14(2)24-18-6-4-3-5-17(18)23-19(24)11-12-22-20(25)13-15-7-9-16(21)10-8-15/h3-10,14H,11-13H2,1-2H3,(H,22,25). The Hall–Kier alpha value is -2.33. The van der Waals surface area contributed by atoms with Gasteiger partial charge in [-0.05, 0) is 43.7 Å². The van der Waals surface area contributed by atoms with Crippen molar-refractivity contribution in [2.24, 2.45) is 0 Å². The number of nitrogens with zero attached hydrogens (tertiary/aromatic N) is 2. The van der Waals surface area contributed by atoms with Crippen LogP contribution in [0, 0.1) is 0 Å². The van der Waals surface area contributed by atoms with Gasteiger partial charge in [0, 0.05) is 24.0 Å². The number of fused-ring (bicyclic) bond motifs is 1. The summed E-state index contributed by atoms with van der Waals surface area (Å²) in [5.41, 5.74) is 3.09. The maximum absolute atomic E-state index is 12.1. The largest absolute Gasteiger partial charge is 0.355 e. The van der Waals surface area contributed by atoms with Gasteiger partial charge in [-0.25, -0.2) is 4.98 Å². The van der Waals surface area contributed by atoms with E-state index < -0.39 is 0 Å². The third kappa shape index (κ3) is 4.20. The quantitative estimate of drug-likeness (QED) is 0.721. The number of carbonyl (C=O) groups is 1. The first-order valence-corrected chi connectivity index (χ1v) is 8.89. The first-order valence-electron chi connectivity index (χ1n) is 8.51.